The third-order valence-electron chi connectivity index (χ3n) is 3.73. The van der Waals surface area contributed by atoms with E-state index in [0.717, 1.165) is 19.5 Å². The van der Waals surface area contributed by atoms with Crippen LogP contribution >= 0.6 is 0 Å². The van der Waals surface area contributed by atoms with Gasteiger partial charge in [0.1, 0.15) is 6.33 Å². The lowest BCUT2D eigenvalue weighted by Crippen LogP contribution is -2.27. The van der Waals surface area contributed by atoms with E-state index in [-0.39, 0.29) is 16.9 Å². The molecule has 0 spiro atoms. The third-order valence-corrected chi connectivity index (χ3v) is 3.73. The molecule has 7 heteroatoms. The van der Waals surface area contributed by atoms with Gasteiger partial charge in [-0.25, -0.2) is 9.97 Å². The minimum absolute atomic E-state index is 0.0748. The molecular formula is C12H19N5O2. The Morgan fingerprint density at radius 2 is 2.16 bits per heavy atom. The fourth-order valence-corrected chi connectivity index (χ4v) is 2.45. The number of hydrogen-bond donors (Lipinski definition) is 1. The lowest BCUT2D eigenvalue weighted by Gasteiger charge is -2.27. The van der Waals surface area contributed by atoms with Crippen molar-refractivity contribution >= 4 is 17.3 Å². The van der Waals surface area contributed by atoms with Crippen LogP contribution in [-0.2, 0) is 0 Å². The van der Waals surface area contributed by atoms with Gasteiger partial charge in [-0.2, -0.15) is 0 Å². The molecule has 1 fully saturated rings. The summed E-state index contributed by atoms with van der Waals surface area (Å²) in [4.78, 5) is 20.3. The van der Waals surface area contributed by atoms with E-state index in [2.05, 4.69) is 30.7 Å². The molecule has 1 aromatic heterocycles. The molecule has 1 aromatic rings. The van der Waals surface area contributed by atoms with Crippen molar-refractivity contribution in [2.24, 2.45) is 11.3 Å². The van der Waals surface area contributed by atoms with Crippen LogP contribution in [0.25, 0.3) is 0 Å². The maximum Gasteiger partial charge on any atom is 0.353 e. The molecule has 1 aliphatic heterocycles. The fourth-order valence-electron chi connectivity index (χ4n) is 2.45. The van der Waals surface area contributed by atoms with Crippen molar-refractivity contribution in [2.45, 2.75) is 27.2 Å². The number of nitro groups is 1. The maximum atomic E-state index is 11.1. The molecule has 1 aliphatic rings. The average Bonchev–Trinajstić information content (AvgIpc) is 2.76. The molecule has 19 heavy (non-hydrogen) atoms. The van der Waals surface area contributed by atoms with E-state index in [1.165, 1.54) is 6.33 Å². The molecule has 1 saturated heterocycles. The Labute approximate surface area is 112 Å². The molecule has 1 atom stereocenters. The zero-order valence-corrected chi connectivity index (χ0v) is 11.5. The smallest absolute Gasteiger partial charge is 0.353 e. The molecule has 2 heterocycles. The molecule has 0 aromatic carbocycles. The molecule has 7 nitrogen and oxygen atoms in total. The highest BCUT2D eigenvalue weighted by Crippen LogP contribution is 2.38. The Kier molecular flexibility index (Phi) is 3.30. The van der Waals surface area contributed by atoms with Gasteiger partial charge < -0.3 is 10.6 Å². The highest BCUT2D eigenvalue weighted by Gasteiger charge is 2.35. The monoisotopic (exact) mass is 265 g/mol. The largest absolute Gasteiger partial charge is 0.378 e. The van der Waals surface area contributed by atoms with Crippen molar-refractivity contribution in [3.05, 3.63) is 16.4 Å². The second-order valence-electron chi connectivity index (χ2n) is 5.99. The highest BCUT2D eigenvalue weighted by molar-refractivity contribution is 5.68. The fraction of sp³-hybridized carbons (Fsp3) is 0.667. The minimum atomic E-state index is -0.505. The summed E-state index contributed by atoms with van der Waals surface area (Å²) in [5.74, 6) is 0.752. The van der Waals surface area contributed by atoms with Crippen LogP contribution in [0, 0.1) is 21.4 Å². The SMILES string of the molecule is CC(C)(C)C1CCN(c2ncnc(N)c2[N+](=O)[O-])C1. The third kappa shape index (κ3) is 2.59. The van der Waals surface area contributed by atoms with E-state index in [4.69, 9.17) is 5.73 Å². The zero-order valence-electron chi connectivity index (χ0n) is 11.5. The Bertz CT molecular complexity index is 497. The van der Waals surface area contributed by atoms with Gasteiger partial charge in [-0.3, -0.25) is 10.1 Å². The predicted octanol–water partition coefficient (Wildman–Crippen LogP) is 1.84. The molecule has 104 valence electrons. The Hall–Kier alpha value is -1.92. The van der Waals surface area contributed by atoms with Gasteiger partial charge in [0.25, 0.3) is 0 Å². The number of nitrogens with zero attached hydrogens (tertiary/aromatic N) is 4. The van der Waals surface area contributed by atoms with Gasteiger partial charge in [-0.15, -0.1) is 0 Å². The van der Waals surface area contributed by atoms with Gasteiger partial charge in [0.2, 0.25) is 11.6 Å². The van der Waals surface area contributed by atoms with Crippen LogP contribution in [0.3, 0.4) is 0 Å². The molecule has 0 amide bonds. The van der Waals surface area contributed by atoms with E-state index < -0.39 is 4.92 Å². The molecule has 0 radical (unpaired) electrons. The lowest BCUT2D eigenvalue weighted by molar-refractivity contribution is -0.383. The van der Waals surface area contributed by atoms with E-state index in [1.54, 1.807) is 0 Å². The number of aromatic nitrogens is 2. The minimum Gasteiger partial charge on any atom is -0.378 e. The van der Waals surface area contributed by atoms with E-state index in [1.807, 2.05) is 4.90 Å². The van der Waals surface area contributed by atoms with Crippen molar-refractivity contribution < 1.29 is 4.92 Å². The first-order chi connectivity index (χ1) is 8.80. The molecule has 1 unspecified atom stereocenters. The van der Waals surface area contributed by atoms with Crippen molar-refractivity contribution in [3.8, 4) is 0 Å². The van der Waals surface area contributed by atoms with Crippen molar-refractivity contribution in [2.75, 3.05) is 23.7 Å². The Morgan fingerprint density at radius 3 is 2.68 bits per heavy atom. The first-order valence-corrected chi connectivity index (χ1v) is 6.30. The predicted molar refractivity (Wildman–Crippen MR) is 72.9 cm³/mol. The van der Waals surface area contributed by atoms with Crippen LogP contribution < -0.4 is 10.6 Å². The first-order valence-electron chi connectivity index (χ1n) is 6.30. The second kappa shape index (κ2) is 4.64. The topological polar surface area (TPSA) is 98.2 Å². The van der Waals surface area contributed by atoms with Gasteiger partial charge >= 0.3 is 5.69 Å². The molecule has 0 aliphatic carbocycles. The van der Waals surface area contributed by atoms with Crippen molar-refractivity contribution in [3.63, 3.8) is 0 Å². The lowest BCUT2D eigenvalue weighted by atomic mass is 9.80. The standard InChI is InChI=1S/C12H19N5O2/c1-12(2,3)8-4-5-16(6-8)11-9(17(18)19)10(13)14-7-15-11/h7-8H,4-6H2,1-3H3,(H2,13,14,15). The number of hydrogen-bond acceptors (Lipinski definition) is 6. The summed E-state index contributed by atoms with van der Waals surface area (Å²) in [7, 11) is 0. The quantitative estimate of drug-likeness (QED) is 0.647. The summed E-state index contributed by atoms with van der Waals surface area (Å²) in [6, 6.07) is 0. The van der Waals surface area contributed by atoms with Crippen molar-refractivity contribution in [1.82, 2.24) is 9.97 Å². The van der Waals surface area contributed by atoms with Gasteiger partial charge in [0.05, 0.1) is 4.92 Å². The summed E-state index contributed by atoms with van der Waals surface area (Å²) in [6.07, 6.45) is 2.28. The summed E-state index contributed by atoms with van der Waals surface area (Å²) in [5.41, 5.74) is 5.59. The summed E-state index contributed by atoms with van der Waals surface area (Å²) < 4.78 is 0. The van der Waals surface area contributed by atoms with Gasteiger partial charge in [-0.05, 0) is 17.8 Å². The maximum absolute atomic E-state index is 11.1. The van der Waals surface area contributed by atoms with Crippen LogP contribution in [0.2, 0.25) is 0 Å². The van der Waals surface area contributed by atoms with Crippen LogP contribution in [0.5, 0.6) is 0 Å². The van der Waals surface area contributed by atoms with Crippen LogP contribution in [0.15, 0.2) is 6.33 Å². The molecule has 0 bridgehead atoms. The van der Waals surface area contributed by atoms with Crippen LogP contribution in [-0.4, -0.2) is 28.0 Å². The Balaban J connectivity index is 2.30. The van der Waals surface area contributed by atoms with E-state index in [9.17, 15) is 10.1 Å². The first kappa shape index (κ1) is 13.5. The second-order valence-corrected chi connectivity index (χ2v) is 5.99. The number of anilines is 2. The molecule has 2 rings (SSSR count). The van der Waals surface area contributed by atoms with Gasteiger partial charge in [-0.1, -0.05) is 20.8 Å². The van der Waals surface area contributed by atoms with Crippen LogP contribution in [0.1, 0.15) is 27.2 Å². The van der Waals surface area contributed by atoms with Gasteiger partial charge in [0, 0.05) is 13.1 Å². The summed E-state index contributed by atoms with van der Waals surface area (Å²) in [5, 5.41) is 11.1. The molecule has 2 N–H and O–H groups in total. The summed E-state index contributed by atoms with van der Waals surface area (Å²) >= 11 is 0. The number of nitrogens with two attached hydrogens (primary N) is 1. The van der Waals surface area contributed by atoms with Gasteiger partial charge in [0.15, 0.2) is 0 Å². The zero-order chi connectivity index (χ0) is 14.2. The average molecular weight is 265 g/mol. The number of nitrogen functional groups attached to an aromatic ring is 1. The number of rotatable bonds is 2. The van der Waals surface area contributed by atoms with Crippen LogP contribution in [0.4, 0.5) is 17.3 Å². The van der Waals surface area contributed by atoms with E-state index in [0.29, 0.717) is 11.7 Å². The Morgan fingerprint density at radius 1 is 1.47 bits per heavy atom. The normalized spacial score (nSPS) is 19.7. The molecule has 0 saturated carbocycles. The highest BCUT2D eigenvalue weighted by atomic mass is 16.6. The van der Waals surface area contributed by atoms with Crippen molar-refractivity contribution in [1.29, 1.82) is 0 Å². The van der Waals surface area contributed by atoms with E-state index >= 15 is 0 Å². The summed E-state index contributed by atoms with van der Waals surface area (Å²) in [6.45, 7) is 8.08. The molecular weight excluding hydrogens is 246 g/mol.